The first-order chi connectivity index (χ1) is 19.2. The van der Waals surface area contributed by atoms with Gasteiger partial charge in [-0.3, -0.25) is 0 Å². The highest BCUT2D eigenvalue weighted by atomic mass is 16.6. The zero-order valence-electron chi connectivity index (χ0n) is 29.1. The van der Waals surface area contributed by atoms with Crippen molar-refractivity contribution in [3.8, 4) is 11.5 Å². The van der Waals surface area contributed by atoms with E-state index >= 15 is 0 Å². The number of epoxide rings is 2. The molecule has 0 saturated carbocycles. The van der Waals surface area contributed by atoms with Crippen LogP contribution in [0.3, 0.4) is 0 Å². The summed E-state index contributed by atoms with van der Waals surface area (Å²) in [5.41, 5.74) is 7.66. The van der Waals surface area contributed by atoms with Gasteiger partial charge in [-0.05, 0) is 59.5 Å². The fraction of sp³-hybridized carbons (Fsp3) is 0.684. The van der Waals surface area contributed by atoms with Gasteiger partial charge in [0.15, 0.2) is 0 Å². The number of rotatable bonds is 9. The van der Waals surface area contributed by atoms with Gasteiger partial charge in [0.2, 0.25) is 0 Å². The summed E-state index contributed by atoms with van der Waals surface area (Å²) in [6, 6.07) is 9.59. The van der Waals surface area contributed by atoms with Crippen LogP contribution in [0, 0.1) is 0 Å². The van der Waals surface area contributed by atoms with Gasteiger partial charge in [0.05, 0.1) is 13.2 Å². The van der Waals surface area contributed by atoms with E-state index in [2.05, 4.69) is 121 Å². The van der Waals surface area contributed by atoms with Gasteiger partial charge < -0.3 is 18.9 Å². The predicted molar refractivity (Wildman–Crippen MR) is 175 cm³/mol. The molecule has 2 aromatic carbocycles. The lowest BCUT2D eigenvalue weighted by Gasteiger charge is -2.32. The summed E-state index contributed by atoms with van der Waals surface area (Å²) in [6.45, 7) is 33.4. The van der Waals surface area contributed by atoms with Crippen LogP contribution in [-0.2, 0) is 44.0 Å². The molecule has 4 rings (SSSR count). The second kappa shape index (κ2) is 11.5. The summed E-state index contributed by atoms with van der Waals surface area (Å²) in [5, 5.41) is 0. The standard InChI is InChI=1S/C38H58O4/c1-23(31-21-39-31)41-33-27(35(3,4)5)17-25(18-28(33)36(6,7)8)15-16-26-19-29(37(9,10)11)34(30(20-26)38(12,13)14)42-24(2)32-22-40-32/h17-20,23-24,31-32H,15-16,21-22H2,1-14H3. The summed E-state index contributed by atoms with van der Waals surface area (Å²) in [6.07, 6.45) is 2.41. The highest BCUT2D eigenvalue weighted by Gasteiger charge is 2.36. The lowest BCUT2D eigenvalue weighted by molar-refractivity contribution is 0.169. The quantitative estimate of drug-likeness (QED) is 0.279. The molecule has 0 N–H and O–H groups in total. The van der Waals surface area contributed by atoms with Crippen LogP contribution in [0.4, 0.5) is 0 Å². The van der Waals surface area contributed by atoms with E-state index in [-0.39, 0.29) is 46.1 Å². The van der Waals surface area contributed by atoms with Gasteiger partial charge in [0.25, 0.3) is 0 Å². The maximum Gasteiger partial charge on any atom is 0.127 e. The van der Waals surface area contributed by atoms with Crippen LogP contribution in [-0.4, -0.2) is 37.6 Å². The third-order valence-corrected chi connectivity index (χ3v) is 8.60. The predicted octanol–water partition coefficient (Wildman–Crippen LogP) is 8.99. The van der Waals surface area contributed by atoms with E-state index in [1.165, 1.54) is 33.4 Å². The maximum atomic E-state index is 6.70. The Bertz CT molecular complexity index is 1080. The molecule has 234 valence electrons. The average Bonchev–Trinajstić information content (AvgIpc) is 3.73. The van der Waals surface area contributed by atoms with Crippen molar-refractivity contribution in [3.05, 3.63) is 57.6 Å². The lowest BCUT2D eigenvalue weighted by Crippen LogP contribution is -2.26. The minimum atomic E-state index is -0.0464. The second-order valence-electron chi connectivity index (χ2n) is 16.9. The van der Waals surface area contributed by atoms with E-state index in [4.69, 9.17) is 18.9 Å². The van der Waals surface area contributed by atoms with Crippen LogP contribution in [0.5, 0.6) is 11.5 Å². The van der Waals surface area contributed by atoms with Gasteiger partial charge in [-0.1, -0.05) is 107 Å². The summed E-state index contributed by atoms with van der Waals surface area (Å²) < 4.78 is 24.5. The fourth-order valence-corrected chi connectivity index (χ4v) is 5.61. The third-order valence-electron chi connectivity index (χ3n) is 8.60. The van der Waals surface area contributed by atoms with Crippen LogP contribution in [0.2, 0.25) is 0 Å². The van der Waals surface area contributed by atoms with E-state index in [0.717, 1.165) is 37.6 Å². The molecule has 0 radical (unpaired) electrons. The minimum absolute atomic E-state index is 0.0413. The third kappa shape index (κ3) is 7.91. The van der Waals surface area contributed by atoms with Crippen LogP contribution in [0.25, 0.3) is 0 Å². The van der Waals surface area contributed by atoms with Crippen molar-refractivity contribution in [1.82, 2.24) is 0 Å². The average molecular weight is 579 g/mol. The molecule has 2 heterocycles. The van der Waals surface area contributed by atoms with E-state index in [0.29, 0.717) is 0 Å². The molecule has 0 aliphatic carbocycles. The maximum absolute atomic E-state index is 6.70. The molecule has 4 heteroatoms. The van der Waals surface area contributed by atoms with E-state index in [9.17, 15) is 0 Å². The van der Waals surface area contributed by atoms with Crippen molar-refractivity contribution in [2.75, 3.05) is 13.2 Å². The van der Waals surface area contributed by atoms with Gasteiger partial charge in [0, 0.05) is 22.3 Å². The van der Waals surface area contributed by atoms with Crippen molar-refractivity contribution in [1.29, 1.82) is 0 Å². The Morgan fingerprint density at radius 1 is 0.548 bits per heavy atom. The van der Waals surface area contributed by atoms with E-state index in [1.807, 2.05) is 0 Å². The Morgan fingerprint density at radius 3 is 0.976 bits per heavy atom. The molecule has 4 atom stereocenters. The van der Waals surface area contributed by atoms with E-state index in [1.54, 1.807) is 0 Å². The first kappa shape index (κ1) is 32.9. The SMILES string of the molecule is CC(Oc1c(C(C)(C)C)cc(CCc2cc(C(C)(C)C)c(OC(C)C3CO3)c(C(C)(C)C)c2)cc1C(C)(C)C)C1CO1. The van der Waals surface area contributed by atoms with Crippen molar-refractivity contribution >= 4 is 0 Å². The van der Waals surface area contributed by atoms with Crippen LogP contribution < -0.4 is 9.47 Å². The zero-order valence-corrected chi connectivity index (χ0v) is 29.1. The Hall–Kier alpha value is -2.04. The van der Waals surface area contributed by atoms with Crippen LogP contribution >= 0.6 is 0 Å². The van der Waals surface area contributed by atoms with Crippen molar-refractivity contribution in [2.45, 2.75) is 156 Å². The molecule has 2 aromatic rings. The number of hydrogen-bond donors (Lipinski definition) is 0. The first-order valence-corrected chi connectivity index (χ1v) is 16.1. The van der Waals surface area contributed by atoms with E-state index < -0.39 is 0 Å². The number of ether oxygens (including phenoxy) is 4. The van der Waals surface area contributed by atoms with Gasteiger partial charge in [-0.2, -0.15) is 0 Å². The van der Waals surface area contributed by atoms with Crippen LogP contribution in [0.15, 0.2) is 24.3 Å². The topological polar surface area (TPSA) is 43.5 Å². The molecule has 0 aromatic heterocycles. The van der Waals surface area contributed by atoms with Crippen molar-refractivity contribution in [2.24, 2.45) is 0 Å². The molecule has 42 heavy (non-hydrogen) atoms. The zero-order chi connectivity index (χ0) is 31.4. The number of benzene rings is 2. The fourth-order valence-electron chi connectivity index (χ4n) is 5.61. The van der Waals surface area contributed by atoms with Gasteiger partial charge >= 0.3 is 0 Å². The molecule has 2 aliphatic heterocycles. The summed E-state index contributed by atoms with van der Waals surface area (Å²) >= 11 is 0. The first-order valence-electron chi connectivity index (χ1n) is 16.1. The molecule has 2 aliphatic rings. The number of aryl methyl sites for hydroxylation is 2. The summed E-state index contributed by atoms with van der Waals surface area (Å²) in [7, 11) is 0. The molecular formula is C38H58O4. The molecule has 0 spiro atoms. The molecule has 4 nitrogen and oxygen atoms in total. The highest BCUT2D eigenvalue weighted by Crippen LogP contribution is 2.44. The Kier molecular flexibility index (Phi) is 8.98. The molecule has 2 fully saturated rings. The number of hydrogen-bond acceptors (Lipinski definition) is 4. The summed E-state index contributed by atoms with van der Waals surface area (Å²) in [5.74, 6) is 2.09. The van der Waals surface area contributed by atoms with Crippen molar-refractivity contribution < 1.29 is 18.9 Å². The molecular weight excluding hydrogens is 520 g/mol. The molecule has 2 saturated heterocycles. The normalized spacial score (nSPS) is 20.7. The van der Waals surface area contributed by atoms with Gasteiger partial charge in [-0.25, -0.2) is 0 Å². The minimum Gasteiger partial charge on any atom is -0.487 e. The highest BCUT2D eigenvalue weighted by molar-refractivity contribution is 5.53. The molecule has 0 bridgehead atoms. The Labute approximate surface area is 256 Å². The lowest BCUT2D eigenvalue weighted by atomic mass is 9.77. The van der Waals surface area contributed by atoms with Gasteiger partial charge in [0.1, 0.15) is 35.9 Å². The monoisotopic (exact) mass is 578 g/mol. The Morgan fingerprint density at radius 2 is 0.786 bits per heavy atom. The van der Waals surface area contributed by atoms with Gasteiger partial charge in [-0.15, -0.1) is 0 Å². The molecule has 0 amide bonds. The largest absolute Gasteiger partial charge is 0.487 e. The summed E-state index contributed by atoms with van der Waals surface area (Å²) in [4.78, 5) is 0. The second-order valence-corrected chi connectivity index (χ2v) is 16.9. The van der Waals surface area contributed by atoms with Crippen molar-refractivity contribution in [3.63, 3.8) is 0 Å². The molecule has 4 unspecified atom stereocenters. The van der Waals surface area contributed by atoms with Crippen LogP contribution in [0.1, 0.15) is 130 Å². The Balaban J connectivity index is 1.74. The smallest absolute Gasteiger partial charge is 0.127 e.